The lowest BCUT2D eigenvalue weighted by molar-refractivity contribution is 0.270. The predicted octanol–water partition coefficient (Wildman–Crippen LogP) is 2.27. The highest BCUT2D eigenvalue weighted by Crippen LogP contribution is 2.14. The summed E-state index contributed by atoms with van der Waals surface area (Å²) >= 11 is 0. The Hall–Kier alpha value is -2.67. The Balaban J connectivity index is 1.42. The quantitative estimate of drug-likeness (QED) is 0.554. The van der Waals surface area contributed by atoms with Gasteiger partial charge in [0.1, 0.15) is 11.6 Å². The van der Waals surface area contributed by atoms with Crippen LogP contribution in [0.4, 0.5) is 10.2 Å². The van der Waals surface area contributed by atoms with E-state index in [1.807, 2.05) is 12.3 Å². The minimum Gasteiger partial charge on any atom is -0.356 e. The summed E-state index contributed by atoms with van der Waals surface area (Å²) in [5, 5.41) is 6.56. The van der Waals surface area contributed by atoms with Gasteiger partial charge < -0.3 is 20.4 Å². The molecule has 0 amide bonds. The molecule has 1 fully saturated rings. The maximum Gasteiger partial charge on any atom is 0.191 e. The maximum atomic E-state index is 13.2. The van der Waals surface area contributed by atoms with Crippen LogP contribution in [0.5, 0.6) is 0 Å². The second-order valence-corrected chi connectivity index (χ2v) is 7.18. The Kier molecular flexibility index (Phi) is 7.81. The van der Waals surface area contributed by atoms with Gasteiger partial charge in [-0.15, -0.1) is 0 Å². The molecule has 0 saturated carbocycles. The van der Waals surface area contributed by atoms with E-state index in [1.165, 1.54) is 6.07 Å². The number of piperazine rings is 1. The summed E-state index contributed by atoms with van der Waals surface area (Å²) in [5.41, 5.74) is 2.07. The van der Waals surface area contributed by atoms with E-state index in [0.717, 1.165) is 62.0 Å². The normalized spacial score (nSPS) is 15.4. The lowest BCUT2D eigenvalue weighted by atomic mass is 10.1. The molecule has 1 aliphatic rings. The zero-order valence-electron chi connectivity index (χ0n) is 17.4. The molecule has 156 valence electrons. The van der Waals surface area contributed by atoms with Gasteiger partial charge in [-0.2, -0.15) is 0 Å². The number of rotatable bonds is 7. The molecule has 1 aromatic carbocycles. The summed E-state index contributed by atoms with van der Waals surface area (Å²) in [5.74, 6) is 1.57. The van der Waals surface area contributed by atoms with E-state index in [9.17, 15) is 4.39 Å². The fourth-order valence-electron chi connectivity index (χ4n) is 3.43. The minimum atomic E-state index is -0.201. The molecule has 1 saturated heterocycles. The number of hydrogen-bond acceptors (Lipinski definition) is 4. The van der Waals surface area contributed by atoms with E-state index >= 15 is 0 Å². The minimum absolute atomic E-state index is 0.201. The van der Waals surface area contributed by atoms with Crippen LogP contribution in [0.2, 0.25) is 0 Å². The number of nitrogens with one attached hydrogen (secondary N) is 2. The molecule has 2 heterocycles. The van der Waals surface area contributed by atoms with Crippen LogP contribution in [0, 0.1) is 5.82 Å². The molecule has 0 atom stereocenters. The van der Waals surface area contributed by atoms with Gasteiger partial charge in [-0.05, 0) is 42.3 Å². The summed E-state index contributed by atoms with van der Waals surface area (Å²) in [6.45, 7) is 8.91. The van der Waals surface area contributed by atoms with Gasteiger partial charge >= 0.3 is 0 Å². The van der Waals surface area contributed by atoms with Crippen molar-refractivity contribution in [3.63, 3.8) is 0 Å². The number of likely N-dealkylation sites (N-methyl/N-ethyl adjacent to an activating group) is 1. The van der Waals surface area contributed by atoms with Crippen LogP contribution < -0.4 is 15.5 Å². The van der Waals surface area contributed by atoms with Gasteiger partial charge in [-0.1, -0.05) is 25.1 Å². The molecule has 0 bridgehead atoms. The Morgan fingerprint density at radius 2 is 1.93 bits per heavy atom. The fraction of sp³-hybridized carbons (Fsp3) is 0.455. The van der Waals surface area contributed by atoms with Gasteiger partial charge in [0.25, 0.3) is 0 Å². The van der Waals surface area contributed by atoms with Gasteiger partial charge in [0.05, 0.1) is 0 Å². The number of aromatic nitrogens is 1. The van der Waals surface area contributed by atoms with E-state index in [0.29, 0.717) is 13.1 Å². The highest BCUT2D eigenvalue weighted by molar-refractivity contribution is 5.79. The van der Waals surface area contributed by atoms with Gasteiger partial charge in [0.2, 0.25) is 0 Å². The maximum absolute atomic E-state index is 13.2. The van der Waals surface area contributed by atoms with Crippen LogP contribution in [-0.2, 0) is 13.0 Å². The highest BCUT2D eigenvalue weighted by Gasteiger charge is 2.16. The highest BCUT2D eigenvalue weighted by atomic mass is 19.1. The summed E-state index contributed by atoms with van der Waals surface area (Å²) < 4.78 is 13.2. The Morgan fingerprint density at radius 1 is 1.10 bits per heavy atom. The van der Waals surface area contributed by atoms with Crippen molar-refractivity contribution in [2.24, 2.45) is 4.99 Å². The summed E-state index contributed by atoms with van der Waals surface area (Å²) in [7, 11) is 1.74. The second-order valence-electron chi connectivity index (χ2n) is 7.18. The second kappa shape index (κ2) is 10.8. The third-order valence-electron chi connectivity index (χ3n) is 5.23. The third kappa shape index (κ3) is 6.42. The number of halogens is 1. The van der Waals surface area contributed by atoms with Gasteiger partial charge in [0.15, 0.2) is 5.96 Å². The van der Waals surface area contributed by atoms with E-state index < -0.39 is 0 Å². The molecule has 29 heavy (non-hydrogen) atoms. The first-order chi connectivity index (χ1) is 14.2. The lowest BCUT2D eigenvalue weighted by Crippen LogP contribution is -2.46. The number of hydrogen-bond donors (Lipinski definition) is 2. The first kappa shape index (κ1) is 21.0. The third-order valence-corrected chi connectivity index (χ3v) is 5.23. The molecule has 3 rings (SSSR count). The number of benzene rings is 1. The van der Waals surface area contributed by atoms with Crippen LogP contribution in [0.25, 0.3) is 0 Å². The zero-order chi connectivity index (χ0) is 20.5. The van der Waals surface area contributed by atoms with Crippen molar-refractivity contribution in [3.05, 3.63) is 59.5 Å². The zero-order valence-corrected chi connectivity index (χ0v) is 17.4. The smallest absolute Gasteiger partial charge is 0.191 e. The average Bonchev–Trinajstić information content (AvgIpc) is 2.76. The summed E-state index contributed by atoms with van der Waals surface area (Å²) in [6.07, 6.45) is 2.66. The van der Waals surface area contributed by atoms with Crippen LogP contribution in [0.15, 0.2) is 47.6 Å². The van der Waals surface area contributed by atoms with E-state index in [2.05, 4.69) is 49.5 Å². The van der Waals surface area contributed by atoms with Crippen molar-refractivity contribution >= 4 is 11.8 Å². The number of aliphatic imine (C=N–C) groups is 1. The average molecular weight is 399 g/mol. The van der Waals surface area contributed by atoms with Crippen molar-refractivity contribution < 1.29 is 4.39 Å². The number of guanidine groups is 1. The van der Waals surface area contributed by atoms with Gasteiger partial charge in [-0.25, -0.2) is 9.37 Å². The molecule has 0 aliphatic carbocycles. The first-order valence-corrected chi connectivity index (χ1v) is 10.3. The van der Waals surface area contributed by atoms with E-state index in [1.54, 1.807) is 19.2 Å². The number of pyridine rings is 1. The Bertz CT molecular complexity index is 784. The van der Waals surface area contributed by atoms with Gasteiger partial charge in [-0.3, -0.25) is 4.99 Å². The van der Waals surface area contributed by atoms with Crippen LogP contribution in [0.3, 0.4) is 0 Å². The molecule has 1 aliphatic heterocycles. The first-order valence-electron chi connectivity index (χ1n) is 10.3. The number of anilines is 1. The van der Waals surface area contributed by atoms with Gasteiger partial charge in [0, 0.05) is 52.5 Å². The van der Waals surface area contributed by atoms with E-state index in [4.69, 9.17) is 0 Å². The fourth-order valence-corrected chi connectivity index (χ4v) is 3.43. The van der Waals surface area contributed by atoms with Crippen LogP contribution in [-0.4, -0.2) is 62.2 Å². The number of nitrogens with zero attached hydrogens (tertiary/aromatic N) is 4. The Labute approximate surface area is 172 Å². The Morgan fingerprint density at radius 3 is 2.59 bits per heavy atom. The van der Waals surface area contributed by atoms with Crippen LogP contribution in [0.1, 0.15) is 18.1 Å². The SMILES string of the molecule is CCN1CCN(c2ccc(CNC(=NC)NCCc3cccc(F)c3)cn2)CC1. The van der Waals surface area contributed by atoms with Crippen molar-refractivity contribution in [2.45, 2.75) is 19.9 Å². The topological polar surface area (TPSA) is 55.8 Å². The van der Waals surface area contributed by atoms with Crippen LogP contribution >= 0.6 is 0 Å². The molecule has 0 radical (unpaired) electrons. The van der Waals surface area contributed by atoms with Crippen molar-refractivity contribution in [1.82, 2.24) is 20.5 Å². The monoisotopic (exact) mass is 398 g/mol. The molecular weight excluding hydrogens is 367 g/mol. The molecule has 0 spiro atoms. The van der Waals surface area contributed by atoms with Crippen molar-refractivity contribution in [2.75, 3.05) is 51.2 Å². The standard InChI is InChI=1S/C22H31FN6/c1-3-28-11-13-29(14-12-28)21-8-7-19(16-26-21)17-27-22(24-2)25-10-9-18-5-4-6-20(23)15-18/h4-8,15-16H,3,9-14,17H2,1-2H3,(H2,24,25,27). The van der Waals surface area contributed by atoms with Crippen molar-refractivity contribution in [1.29, 1.82) is 0 Å². The lowest BCUT2D eigenvalue weighted by Gasteiger charge is -2.34. The summed E-state index contributed by atoms with van der Waals surface area (Å²) in [4.78, 5) is 13.7. The molecular formula is C22H31FN6. The molecule has 0 unspecified atom stereocenters. The van der Waals surface area contributed by atoms with Crippen molar-refractivity contribution in [3.8, 4) is 0 Å². The molecule has 7 heteroatoms. The van der Waals surface area contributed by atoms with E-state index in [-0.39, 0.29) is 5.82 Å². The summed E-state index contributed by atoms with van der Waals surface area (Å²) in [6, 6.07) is 10.9. The molecule has 2 aromatic rings. The largest absolute Gasteiger partial charge is 0.356 e. The predicted molar refractivity (Wildman–Crippen MR) is 117 cm³/mol. The molecule has 1 aromatic heterocycles. The molecule has 2 N–H and O–H groups in total. The molecule has 6 nitrogen and oxygen atoms in total.